The highest BCUT2D eigenvalue weighted by Gasteiger charge is 2.21. The predicted molar refractivity (Wildman–Crippen MR) is 269 cm³/mol. The van der Waals surface area contributed by atoms with Crippen LogP contribution in [0.4, 0.5) is 0 Å². The van der Waals surface area contributed by atoms with Crippen molar-refractivity contribution in [1.29, 1.82) is 0 Å². The molecule has 372 valence electrons. The van der Waals surface area contributed by atoms with Gasteiger partial charge in [0.25, 0.3) is 10.1 Å². The molecule has 0 saturated carbocycles. The maximum Gasteiger partial charge on any atom is 0.294 e. The number of phenols is 3. The molecule has 0 amide bonds. The second-order valence-electron chi connectivity index (χ2n) is 14.2. The third-order valence-corrected chi connectivity index (χ3v) is 12.4. The lowest BCUT2D eigenvalue weighted by molar-refractivity contribution is -0.109. The van der Waals surface area contributed by atoms with Gasteiger partial charge in [0, 0.05) is 19.3 Å². The van der Waals surface area contributed by atoms with Crippen LogP contribution < -0.4 is 14.2 Å². The van der Waals surface area contributed by atoms with Gasteiger partial charge in [-0.3, -0.25) is 4.55 Å². The number of allylic oxidation sites excluding steroid dienone is 1. The van der Waals surface area contributed by atoms with Crippen LogP contribution in [0, 0.1) is 6.92 Å². The fraction of sp³-hybridized carbons (Fsp3) is 0.458. The first-order valence-electron chi connectivity index (χ1n) is 20.4. The molecular formula is C48H69Br3O14S. The summed E-state index contributed by atoms with van der Waals surface area (Å²) in [5.74, 6) is 2.43. The molecule has 6 N–H and O–H groups in total. The van der Waals surface area contributed by atoms with Crippen LogP contribution in [0.3, 0.4) is 0 Å². The first kappa shape index (κ1) is 62.4. The Morgan fingerprint density at radius 1 is 0.545 bits per heavy atom. The zero-order valence-electron chi connectivity index (χ0n) is 35.0. The molecule has 4 aromatic rings. The summed E-state index contributed by atoms with van der Waals surface area (Å²) in [6.45, 7) is 5.05. The average molecular weight is 1140 g/mol. The summed E-state index contributed by atoms with van der Waals surface area (Å²) in [5, 5.41) is 27.2. The largest absolute Gasteiger partial charge is 0.507 e. The van der Waals surface area contributed by atoms with E-state index in [1.807, 2.05) is 37.3 Å². The Morgan fingerprint density at radius 2 is 0.939 bits per heavy atom. The number of aryl methyl sites for hydroxylation is 1. The molecule has 8 rings (SSSR count). The summed E-state index contributed by atoms with van der Waals surface area (Å²) in [6, 6.07) is 21.5. The molecule has 4 aliphatic heterocycles. The molecule has 66 heavy (non-hydrogen) atoms. The van der Waals surface area contributed by atoms with Gasteiger partial charge in [0.2, 0.25) is 0 Å². The molecular weight excluding hydrogens is 1070 g/mol. The summed E-state index contributed by atoms with van der Waals surface area (Å²) in [6.07, 6.45) is 15.2. The summed E-state index contributed by atoms with van der Waals surface area (Å²) in [4.78, 5) is -0.0666. The van der Waals surface area contributed by atoms with Gasteiger partial charge in [0.15, 0.2) is 18.9 Å². The lowest BCUT2D eigenvalue weighted by Crippen LogP contribution is -2.26. The van der Waals surface area contributed by atoms with Gasteiger partial charge < -0.3 is 54.0 Å². The van der Waals surface area contributed by atoms with Gasteiger partial charge in [0.1, 0.15) is 47.9 Å². The molecule has 3 saturated heterocycles. The monoisotopic (exact) mass is 1140 g/mol. The van der Waals surface area contributed by atoms with Crippen LogP contribution >= 0.6 is 47.8 Å². The van der Waals surface area contributed by atoms with Gasteiger partial charge in [-0.2, -0.15) is 8.42 Å². The second kappa shape index (κ2) is 33.8. The Labute approximate surface area is 417 Å². The third-order valence-electron chi connectivity index (χ3n) is 9.16. The highest BCUT2D eigenvalue weighted by atomic mass is 79.9. The maximum atomic E-state index is 10.5. The number of hydrogen-bond donors (Lipinski definition) is 4. The highest BCUT2D eigenvalue weighted by Crippen LogP contribution is 2.37. The van der Waals surface area contributed by atoms with Crippen molar-refractivity contribution >= 4 is 57.9 Å². The van der Waals surface area contributed by atoms with Gasteiger partial charge in [-0.05, 0) is 161 Å². The van der Waals surface area contributed by atoms with Crippen molar-refractivity contribution in [2.24, 2.45) is 0 Å². The minimum Gasteiger partial charge on any atom is -0.507 e. The van der Waals surface area contributed by atoms with Gasteiger partial charge in [-0.1, -0.05) is 58.2 Å². The van der Waals surface area contributed by atoms with Crippen LogP contribution in [0.5, 0.6) is 34.5 Å². The third kappa shape index (κ3) is 22.9. The molecule has 0 aromatic heterocycles. The Balaban J connectivity index is 0.000000834. The maximum absolute atomic E-state index is 10.5. The van der Waals surface area contributed by atoms with Gasteiger partial charge in [0.05, 0.1) is 37.6 Å². The first-order valence-corrected chi connectivity index (χ1v) is 24.2. The van der Waals surface area contributed by atoms with Crippen molar-refractivity contribution in [3.05, 3.63) is 110 Å². The second-order valence-corrected chi connectivity index (χ2v) is 18.0. The molecule has 18 heteroatoms. The van der Waals surface area contributed by atoms with Gasteiger partial charge in [-0.25, -0.2) is 0 Å². The summed E-state index contributed by atoms with van der Waals surface area (Å²) in [5.41, 5.74) is 0.956. The van der Waals surface area contributed by atoms with Crippen LogP contribution in [-0.2, 0) is 29.1 Å². The van der Waals surface area contributed by atoms with E-state index in [-0.39, 0.29) is 68.8 Å². The van der Waals surface area contributed by atoms with Crippen LogP contribution in [0.1, 0.15) is 98.5 Å². The Hall–Kier alpha value is -3.59. The Bertz CT molecular complexity index is 1990. The SMILES string of the molecule is Brc1c(OC2CCCCO2)cccc1OC1CCCCO1.C.C.C.C1=COCCC1.Cc1ccc(S(=O)(=O)O)cc1.O.Oc1cccc(O)c1Br.Oc1cccc(OC2CCCCO2)c1Br. The van der Waals surface area contributed by atoms with E-state index in [9.17, 15) is 13.5 Å². The molecule has 14 nitrogen and oxygen atoms in total. The fourth-order valence-corrected chi connectivity index (χ4v) is 7.36. The number of aromatic hydroxyl groups is 3. The van der Waals surface area contributed by atoms with E-state index in [0.29, 0.717) is 14.7 Å². The minimum absolute atomic E-state index is 0. The minimum atomic E-state index is -4.02. The van der Waals surface area contributed by atoms with E-state index >= 15 is 0 Å². The van der Waals surface area contributed by atoms with E-state index < -0.39 is 10.1 Å². The summed E-state index contributed by atoms with van der Waals surface area (Å²) < 4.78 is 70.4. The molecule has 0 spiro atoms. The van der Waals surface area contributed by atoms with Crippen molar-refractivity contribution in [2.75, 3.05) is 26.4 Å². The molecule has 3 unspecified atom stereocenters. The van der Waals surface area contributed by atoms with E-state index in [0.717, 1.165) is 106 Å². The lowest BCUT2D eigenvalue weighted by atomic mass is 10.2. The van der Waals surface area contributed by atoms with Crippen molar-refractivity contribution in [3.63, 3.8) is 0 Å². The topological polar surface area (TPSA) is 211 Å². The number of rotatable bonds is 7. The van der Waals surface area contributed by atoms with Gasteiger partial charge >= 0.3 is 0 Å². The van der Waals surface area contributed by atoms with Crippen molar-refractivity contribution in [2.45, 2.75) is 124 Å². The van der Waals surface area contributed by atoms with Crippen LogP contribution in [0.25, 0.3) is 0 Å². The van der Waals surface area contributed by atoms with Gasteiger partial charge in [-0.15, -0.1) is 0 Å². The zero-order chi connectivity index (χ0) is 44.7. The van der Waals surface area contributed by atoms with Crippen LogP contribution in [0.2, 0.25) is 0 Å². The van der Waals surface area contributed by atoms with Crippen molar-refractivity contribution in [1.82, 2.24) is 0 Å². The molecule has 4 aliphatic rings. The first-order chi connectivity index (χ1) is 29.8. The Kier molecular flexibility index (Phi) is 32.0. The normalized spacial score (nSPS) is 18.2. The van der Waals surface area contributed by atoms with E-state index in [1.165, 1.54) is 37.1 Å². The van der Waals surface area contributed by atoms with E-state index in [1.54, 1.807) is 36.6 Å². The van der Waals surface area contributed by atoms with E-state index in [4.69, 9.17) is 47.9 Å². The molecule has 0 radical (unpaired) electrons. The van der Waals surface area contributed by atoms with Crippen LogP contribution in [0.15, 0.2) is 110 Å². The molecule has 3 atom stereocenters. The molecule has 4 aromatic carbocycles. The smallest absolute Gasteiger partial charge is 0.294 e. The molecule has 3 fully saturated rings. The van der Waals surface area contributed by atoms with E-state index in [2.05, 4.69) is 47.8 Å². The summed E-state index contributed by atoms with van der Waals surface area (Å²) >= 11 is 9.83. The predicted octanol–water partition coefficient (Wildman–Crippen LogP) is 12.8. The number of ether oxygens (including phenoxy) is 7. The molecule has 0 aliphatic carbocycles. The highest BCUT2D eigenvalue weighted by molar-refractivity contribution is 9.11. The van der Waals surface area contributed by atoms with Crippen LogP contribution in [-0.4, -0.2) is 79.1 Å². The quantitative estimate of drug-likeness (QED) is 0.127. The molecule has 4 heterocycles. The molecule has 0 bridgehead atoms. The van der Waals surface area contributed by atoms with Crippen molar-refractivity contribution < 1.29 is 66.9 Å². The Morgan fingerprint density at radius 3 is 1.26 bits per heavy atom. The number of hydrogen-bond acceptors (Lipinski definition) is 12. The lowest BCUT2D eigenvalue weighted by Gasteiger charge is -2.26. The number of phenolic OH excluding ortho intramolecular Hbond substituents is 3. The number of benzene rings is 4. The standard InChI is InChI=1S/C16H21BrO4.C11H13BrO3.C7H8O3S.C6H5BrO2.C5H8O.3CH4.H2O/c17-16-12(20-14-8-1-3-10-18-14)6-5-7-13(16)21-15-9-2-4-11-19-15;12-11-8(13)4-3-5-9(11)15-10-6-1-2-7-14-10;1-6-2-4-7(5-3-6)11(8,9)10;7-6-4(8)2-1-3-5(6)9;1-2-4-6-5-3-1;;;;/h5-7,14-15H,1-4,8-11H2;3-5,10,13H,1-2,6-7H2;2-5H,1H3,(H,8,9,10);1-3,8-9H;2,4H,1,3,5H2;3*1H4;1H2. The zero-order valence-corrected chi connectivity index (χ0v) is 40.6. The fourth-order valence-electron chi connectivity index (χ4n) is 5.81. The van der Waals surface area contributed by atoms with Crippen molar-refractivity contribution in [3.8, 4) is 34.5 Å². The average Bonchev–Trinajstić information content (AvgIpc) is 3.28. The number of halogens is 3. The summed E-state index contributed by atoms with van der Waals surface area (Å²) in [7, 11) is -4.02.